The van der Waals surface area contributed by atoms with E-state index in [-0.39, 0.29) is 165 Å². The molecule has 13 atom stereocenters. The van der Waals surface area contributed by atoms with Crippen molar-refractivity contribution in [1.29, 1.82) is 21.6 Å². The largest absolute Gasteiger partial charge is 0.508 e. The summed E-state index contributed by atoms with van der Waals surface area (Å²) in [5.41, 5.74) is 48.4. The molecule has 142 heavy (non-hydrogen) atoms. The van der Waals surface area contributed by atoms with Crippen molar-refractivity contribution in [2.75, 3.05) is 70.1 Å². The number of guanidine groups is 4. The number of amides is 15. The van der Waals surface area contributed by atoms with Crippen LogP contribution in [0.15, 0.2) is 85.2 Å². The molecule has 0 saturated carbocycles. The number of benzene rings is 3. The number of aromatic amines is 2. The molecule has 782 valence electrons. The van der Waals surface area contributed by atoms with E-state index in [0.717, 1.165) is 0 Å². The number of rotatable bonds is 68. The second kappa shape index (κ2) is 63.4. The molecule has 0 unspecified atom stereocenters. The van der Waals surface area contributed by atoms with E-state index in [9.17, 15) is 53.1 Å². The molecule has 0 aliphatic heterocycles. The first-order valence-corrected chi connectivity index (χ1v) is 48.8. The SMILES string of the molecule is CSCC[C@H](NC(=O)[C@H](CCCNC(=N)N)NC(=O)[C@H](Cc1c[nH]c2ccccc12)NC(=O)[C@H](CCC(N)=O)NC(=O)[C@H](Cc1c[nH]c2ccccc12)NC(=O)[C@H](CCCNC(=N)N)NC(=O)[C@H](CC(C)C)NC(=O)[C@H](CS)NC(=O)[C@H](CCCCN)NC(=O)[C@@H](N)CCCNC(=N)N)C(=O)N[C@@H](CCCNC(=N)N)C(=O)N[C@@H](CCCCN)C(=O)N[C@@H](Cc1ccc(O)cc1)C(=O)NCC(=O)NCC(=O)O. The van der Waals surface area contributed by atoms with Gasteiger partial charge in [0.2, 0.25) is 88.6 Å². The normalized spacial score (nSPS) is 13.8. The van der Waals surface area contributed by atoms with Crippen LogP contribution in [-0.2, 0) is 96.0 Å². The number of primary amides is 1. The summed E-state index contributed by atoms with van der Waals surface area (Å²) >= 11 is 5.64. The molecule has 2 heterocycles. The molecule has 50 nitrogen and oxygen atoms in total. The molecule has 0 bridgehead atoms. The monoisotopic (exact) mass is 2020 g/mol. The number of hydrogen-bond donors (Lipinski definition) is 35. The maximum atomic E-state index is 15.6. The maximum Gasteiger partial charge on any atom is 0.322 e. The van der Waals surface area contributed by atoms with Crippen LogP contribution in [0, 0.1) is 27.6 Å². The van der Waals surface area contributed by atoms with Crippen LogP contribution >= 0.6 is 24.4 Å². The third-order valence-electron chi connectivity index (χ3n) is 22.4. The van der Waals surface area contributed by atoms with E-state index in [1.54, 1.807) is 81.0 Å². The number of unbranched alkanes of at least 4 members (excludes halogenated alkanes) is 2. The smallest absolute Gasteiger partial charge is 0.322 e. The Balaban J connectivity index is 1.53. The van der Waals surface area contributed by atoms with Gasteiger partial charge >= 0.3 is 5.97 Å². The zero-order chi connectivity index (χ0) is 105. The second-order valence-electron chi connectivity index (χ2n) is 34.3. The average Bonchev–Trinajstić information content (AvgIpc) is 1.67. The number of thioether (sulfide) groups is 1. The van der Waals surface area contributed by atoms with Gasteiger partial charge in [-0.15, -0.1) is 0 Å². The first-order chi connectivity index (χ1) is 67.6. The second-order valence-corrected chi connectivity index (χ2v) is 35.7. The number of fused-ring (bicyclic) bond motifs is 2. The molecule has 15 amide bonds. The van der Waals surface area contributed by atoms with Crippen LogP contribution in [-0.4, -0.2) is 287 Å². The molecule has 0 spiro atoms. The molecule has 42 N–H and O–H groups in total. The van der Waals surface area contributed by atoms with Gasteiger partial charge in [0, 0.05) is 91.8 Å². The fourth-order valence-corrected chi connectivity index (χ4v) is 15.6. The van der Waals surface area contributed by atoms with E-state index in [1.165, 1.54) is 36.0 Å². The molecule has 5 aromatic rings. The lowest BCUT2D eigenvalue weighted by Crippen LogP contribution is -2.61. The van der Waals surface area contributed by atoms with Gasteiger partial charge in [-0.05, 0) is 181 Å². The number of carboxylic acids is 1. The molecule has 0 aliphatic carbocycles. The van der Waals surface area contributed by atoms with Crippen molar-refractivity contribution in [3.8, 4) is 5.75 Å². The van der Waals surface area contributed by atoms with Gasteiger partial charge < -0.3 is 162 Å². The first kappa shape index (κ1) is 118. The Kier molecular flexibility index (Phi) is 52.8. The van der Waals surface area contributed by atoms with Crippen LogP contribution in [0.3, 0.4) is 0 Å². The summed E-state index contributed by atoms with van der Waals surface area (Å²) in [6, 6.07) is -0.0392. The van der Waals surface area contributed by atoms with Crippen LogP contribution in [0.2, 0.25) is 0 Å². The molecule has 5 rings (SSSR count). The van der Waals surface area contributed by atoms with E-state index < -0.39 is 217 Å². The predicted octanol–water partition coefficient (Wildman–Crippen LogP) is -5.85. The van der Waals surface area contributed by atoms with E-state index in [4.69, 9.17) is 72.6 Å². The highest BCUT2D eigenvalue weighted by Crippen LogP contribution is 2.24. The number of nitrogens with two attached hydrogens (primary N) is 8. The standard InChI is InChI=1S/C90H142N32O18S2/c1-49(2)40-66(118-86(140)70(48-141)122-80(134)59(21-8-10-33-91)111-74(128)56(93)18-12-35-103-87(95)96)83(137)114-63(25-15-38-106-90(101)102)79(133)120-69(43-52-45-108-58-20-7-5-17-55(52)58)85(139)116-64(30-31-71(94)124)81(135)121-68(42-51-44-107-57-19-6-4-16-54(51)57)84(138)115-62(24-14-37-105-89(99)100)77(131)117-65(32-39-142-3)82(136)113-61(23-13-36-104-88(97)98)76(130)112-60(22-9-11-34-92)78(132)119-67(41-50-26-28-53(123)29-27-50)75(129)110-46-72(125)109-47-73(126)127/h4-7,16-17,19-20,26-29,44-45,49,56,59-70,107-108,123,141H,8-15,18,21-25,30-43,46-48,91-93H2,1-3H3,(H2,94,124)(H,109,125)(H,110,129)(H,111,128)(H,112,130)(H,113,136)(H,114,137)(H,115,138)(H,116,139)(H,117,131)(H,118,140)(H,119,132)(H,120,133)(H,121,135)(H,122,134)(H,126,127)(H4,95,96,103)(H4,97,98,104)(H4,99,100,105)(H4,101,102,106)/t56-,59-,60-,61-,62-,63-,64-,65-,66-,67-,68-,69-,70-/m0/s1. The fourth-order valence-electron chi connectivity index (χ4n) is 14.9. The summed E-state index contributed by atoms with van der Waals surface area (Å²) < 4.78 is 0. The Bertz CT molecular complexity index is 5070. The van der Waals surface area contributed by atoms with Crippen LogP contribution < -0.4 is 142 Å². The molecular weight excluding hydrogens is 1880 g/mol. The van der Waals surface area contributed by atoms with Gasteiger partial charge in [-0.1, -0.05) is 62.4 Å². The molecule has 2 aromatic heterocycles. The minimum atomic E-state index is -1.80. The first-order valence-electron chi connectivity index (χ1n) is 46.8. The Hall–Kier alpha value is -14.3. The zero-order valence-corrected chi connectivity index (χ0v) is 81.7. The summed E-state index contributed by atoms with van der Waals surface area (Å²) in [5.74, 6) is -17.5. The van der Waals surface area contributed by atoms with Gasteiger partial charge in [0.25, 0.3) is 0 Å². The summed E-state index contributed by atoms with van der Waals surface area (Å²) in [6.45, 7) is 2.63. The lowest BCUT2D eigenvalue weighted by Gasteiger charge is -2.29. The molecule has 52 heteroatoms. The number of thiol groups is 1. The van der Waals surface area contributed by atoms with Gasteiger partial charge in [-0.25, -0.2) is 0 Å². The molecule has 0 aliphatic rings. The third kappa shape index (κ3) is 44.0. The van der Waals surface area contributed by atoms with Gasteiger partial charge in [-0.3, -0.25) is 98.3 Å². The number of hydrogen-bond acceptors (Lipinski definition) is 26. The number of carbonyl (C=O) groups excluding carboxylic acids is 15. The van der Waals surface area contributed by atoms with Gasteiger partial charge in [0.15, 0.2) is 23.8 Å². The summed E-state index contributed by atoms with van der Waals surface area (Å²) in [7, 11) is 0. The average molecular weight is 2020 g/mol. The molecule has 0 radical (unpaired) electrons. The number of aromatic hydroxyl groups is 1. The van der Waals surface area contributed by atoms with Crippen molar-refractivity contribution < 1.29 is 86.9 Å². The van der Waals surface area contributed by atoms with Crippen molar-refractivity contribution in [2.45, 2.75) is 227 Å². The molecule has 0 fully saturated rings. The van der Waals surface area contributed by atoms with Gasteiger partial charge in [0.05, 0.1) is 12.6 Å². The van der Waals surface area contributed by atoms with Crippen LogP contribution in [0.5, 0.6) is 5.75 Å². The quantitative estimate of drug-likeness (QED) is 0.00746. The minimum Gasteiger partial charge on any atom is -0.508 e. The van der Waals surface area contributed by atoms with Crippen LogP contribution in [0.4, 0.5) is 0 Å². The topological polar surface area (TPSA) is 865 Å². The number of carbonyl (C=O) groups is 16. The zero-order valence-electron chi connectivity index (χ0n) is 80.0. The van der Waals surface area contributed by atoms with Crippen LogP contribution in [0.25, 0.3) is 21.8 Å². The Morgan fingerprint density at radius 2 is 0.711 bits per heavy atom. The van der Waals surface area contributed by atoms with Crippen molar-refractivity contribution in [1.82, 2.24) is 106 Å². The van der Waals surface area contributed by atoms with E-state index >= 15 is 28.8 Å². The maximum absolute atomic E-state index is 15.6. The number of nitrogens with one attached hydrogen (secondary N) is 24. The highest BCUT2D eigenvalue weighted by atomic mass is 32.2. The Morgan fingerprint density at radius 1 is 0.380 bits per heavy atom. The third-order valence-corrected chi connectivity index (χ3v) is 23.4. The molecule has 3 aromatic carbocycles. The summed E-state index contributed by atoms with van der Waals surface area (Å²) in [5, 5.41) is 98.5. The number of H-pyrrole nitrogens is 2. The molecule has 0 saturated heterocycles. The van der Waals surface area contributed by atoms with E-state index in [2.05, 4.69) is 118 Å². The van der Waals surface area contributed by atoms with Crippen molar-refractivity contribution in [2.24, 2.45) is 51.8 Å². The number of carboxylic acid groups (broad SMARTS) is 1. The van der Waals surface area contributed by atoms with Gasteiger partial charge in [0.1, 0.15) is 84.8 Å². The minimum absolute atomic E-state index is 0.00661. The highest BCUT2D eigenvalue weighted by Gasteiger charge is 2.39. The highest BCUT2D eigenvalue weighted by molar-refractivity contribution is 7.98. The summed E-state index contributed by atoms with van der Waals surface area (Å²) in [6.07, 6.45) is 3.96. The van der Waals surface area contributed by atoms with E-state index in [1.807, 2.05) is 0 Å². The van der Waals surface area contributed by atoms with Crippen LogP contribution in [0.1, 0.15) is 146 Å². The van der Waals surface area contributed by atoms with Crippen molar-refractivity contribution in [3.63, 3.8) is 0 Å². The lowest BCUT2D eigenvalue weighted by molar-refractivity contribution is -0.138. The Morgan fingerprint density at radius 3 is 1.08 bits per heavy atom. The van der Waals surface area contributed by atoms with Gasteiger partial charge in [-0.2, -0.15) is 24.4 Å². The number of phenols is 1. The van der Waals surface area contributed by atoms with Crippen molar-refractivity contribution >= 4 is 165 Å². The summed E-state index contributed by atoms with van der Waals surface area (Å²) in [4.78, 5) is 235. The number of aliphatic carboxylic acids is 1. The fraction of sp³-hybridized carbons (Fsp3) is 0.533. The molecular formula is C90H142N32O18S2. The number of aromatic nitrogens is 2. The van der Waals surface area contributed by atoms with E-state index in [0.29, 0.717) is 64.2 Å². The lowest BCUT2D eigenvalue weighted by atomic mass is 10.00. The Labute approximate surface area is 831 Å². The number of phenolic OH excluding ortho intramolecular Hbond substituents is 1. The number of para-hydroxylation sites is 2. The predicted molar refractivity (Wildman–Crippen MR) is 538 cm³/mol. The van der Waals surface area contributed by atoms with Crippen molar-refractivity contribution in [3.05, 3.63) is 102 Å².